The van der Waals surface area contributed by atoms with Crippen LogP contribution in [0.3, 0.4) is 0 Å². The minimum atomic E-state index is 0.685. The summed E-state index contributed by atoms with van der Waals surface area (Å²) in [6.45, 7) is 1.94. The van der Waals surface area contributed by atoms with Gasteiger partial charge >= 0.3 is 0 Å². The van der Waals surface area contributed by atoms with Crippen molar-refractivity contribution < 1.29 is 14.2 Å². The summed E-state index contributed by atoms with van der Waals surface area (Å²) >= 11 is 0. The van der Waals surface area contributed by atoms with Crippen molar-refractivity contribution in [3.8, 4) is 17.2 Å². The van der Waals surface area contributed by atoms with Gasteiger partial charge in [0.15, 0.2) is 11.5 Å². The minimum absolute atomic E-state index is 0.685. The highest BCUT2D eigenvalue weighted by atomic mass is 16.5. The topological polar surface area (TPSA) is 40.6 Å². The number of pyridine rings is 1. The summed E-state index contributed by atoms with van der Waals surface area (Å²) < 4.78 is 16.2. The third kappa shape index (κ3) is 1.65. The lowest BCUT2D eigenvalue weighted by molar-refractivity contribution is 0.350. The van der Waals surface area contributed by atoms with Crippen LogP contribution in [0.4, 0.5) is 0 Å². The molecular weight excluding hydrogens is 218 g/mol. The molecule has 17 heavy (non-hydrogen) atoms. The van der Waals surface area contributed by atoms with E-state index in [0.717, 1.165) is 22.1 Å². The SMILES string of the molecule is COc1c(C)c(OC)c2ccncc2c1OC. The first-order valence-electron chi connectivity index (χ1n) is 5.26. The summed E-state index contributed by atoms with van der Waals surface area (Å²) in [5, 5.41) is 1.85. The van der Waals surface area contributed by atoms with Gasteiger partial charge in [0.05, 0.1) is 21.3 Å². The summed E-state index contributed by atoms with van der Waals surface area (Å²) in [5.74, 6) is 2.17. The van der Waals surface area contributed by atoms with E-state index in [2.05, 4.69) is 4.98 Å². The summed E-state index contributed by atoms with van der Waals surface area (Å²) in [6.07, 6.45) is 3.48. The molecule has 1 aromatic heterocycles. The Bertz CT molecular complexity index is 552. The van der Waals surface area contributed by atoms with Crippen LogP contribution in [-0.2, 0) is 0 Å². The van der Waals surface area contributed by atoms with Gasteiger partial charge in [0, 0.05) is 28.7 Å². The van der Waals surface area contributed by atoms with Gasteiger partial charge in [-0.25, -0.2) is 0 Å². The first-order valence-corrected chi connectivity index (χ1v) is 5.26. The molecule has 0 amide bonds. The Balaban J connectivity index is 2.93. The quantitative estimate of drug-likeness (QED) is 0.817. The highest BCUT2D eigenvalue weighted by Crippen LogP contribution is 2.44. The predicted molar refractivity (Wildman–Crippen MR) is 66.1 cm³/mol. The van der Waals surface area contributed by atoms with Crippen molar-refractivity contribution in [1.29, 1.82) is 0 Å². The Hall–Kier alpha value is -1.97. The lowest BCUT2D eigenvalue weighted by Gasteiger charge is -2.17. The molecule has 2 aromatic rings. The maximum atomic E-state index is 5.44. The molecule has 0 saturated heterocycles. The van der Waals surface area contributed by atoms with Gasteiger partial charge in [-0.1, -0.05) is 0 Å². The maximum Gasteiger partial charge on any atom is 0.170 e. The monoisotopic (exact) mass is 233 g/mol. The smallest absolute Gasteiger partial charge is 0.170 e. The van der Waals surface area contributed by atoms with Crippen LogP contribution in [0.15, 0.2) is 18.5 Å². The van der Waals surface area contributed by atoms with Crippen molar-refractivity contribution in [2.24, 2.45) is 0 Å². The van der Waals surface area contributed by atoms with E-state index in [1.165, 1.54) is 0 Å². The van der Waals surface area contributed by atoms with E-state index in [0.29, 0.717) is 11.5 Å². The Labute approximate surface area is 100 Å². The van der Waals surface area contributed by atoms with Gasteiger partial charge < -0.3 is 14.2 Å². The van der Waals surface area contributed by atoms with Crippen molar-refractivity contribution in [1.82, 2.24) is 4.98 Å². The van der Waals surface area contributed by atoms with Crippen LogP contribution in [0.1, 0.15) is 5.56 Å². The zero-order valence-corrected chi connectivity index (χ0v) is 10.4. The number of benzene rings is 1. The van der Waals surface area contributed by atoms with Gasteiger partial charge in [-0.05, 0) is 13.0 Å². The molecule has 0 aliphatic carbocycles. The number of methoxy groups -OCH3 is 3. The first kappa shape index (κ1) is 11.5. The van der Waals surface area contributed by atoms with E-state index >= 15 is 0 Å². The molecule has 2 rings (SSSR count). The Morgan fingerprint density at radius 2 is 1.53 bits per heavy atom. The third-order valence-corrected chi connectivity index (χ3v) is 2.81. The van der Waals surface area contributed by atoms with Crippen molar-refractivity contribution >= 4 is 10.8 Å². The van der Waals surface area contributed by atoms with E-state index in [9.17, 15) is 0 Å². The van der Waals surface area contributed by atoms with E-state index in [1.54, 1.807) is 33.7 Å². The molecule has 0 aliphatic rings. The van der Waals surface area contributed by atoms with Gasteiger partial charge in [0.1, 0.15) is 5.75 Å². The average Bonchev–Trinajstić information content (AvgIpc) is 2.37. The molecule has 0 unspecified atom stereocenters. The van der Waals surface area contributed by atoms with Crippen molar-refractivity contribution in [2.75, 3.05) is 21.3 Å². The summed E-state index contributed by atoms with van der Waals surface area (Å²) in [6, 6.07) is 1.91. The minimum Gasteiger partial charge on any atom is -0.496 e. The molecule has 0 aliphatic heterocycles. The summed E-state index contributed by atoms with van der Waals surface area (Å²) in [7, 11) is 4.89. The van der Waals surface area contributed by atoms with Gasteiger partial charge in [-0.2, -0.15) is 0 Å². The summed E-state index contributed by atoms with van der Waals surface area (Å²) in [5.41, 5.74) is 0.922. The molecule has 90 valence electrons. The molecule has 0 radical (unpaired) electrons. The fourth-order valence-electron chi connectivity index (χ4n) is 2.08. The molecule has 0 bridgehead atoms. The third-order valence-electron chi connectivity index (χ3n) is 2.81. The standard InChI is InChI=1S/C13H15NO3/c1-8-11(15-2)9-5-6-14-7-10(9)13(17-4)12(8)16-3/h5-7H,1-4H3. The second-order valence-corrected chi connectivity index (χ2v) is 3.65. The van der Waals surface area contributed by atoms with Gasteiger partial charge in [0.25, 0.3) is 0 Å². The average molecular weight is 233 g/mol. The fraction of sp³-hybridized carbons (Fsp3) is 0.308. The Morgan fingerprint density at radius 1 is 0.882 bits per heavy atom. The molecule has 0 atom stereocenters. The molecule has 4 nitrogen and oxygen atoms in total. The lowest BCUT2D eigenvalue weighted by atomic mass is 10.1. The van der Waals surface area contributed by atoms with E-state index in [1.807, 2.05) is 13.0 Å². The molecule has 0 saturated carbocycles. The second kappa shape index (κ2) is 4.49. The zero-order valence-electron chi connectivity index (χ0n) is 10.4. The van der Waals surface area contributed by atoms with Crippen molar-refractivity contribution in [2.45, 2.75) is 6.92 Å². The van der Waals surface area contributed by atoms with Crippen LogP contribution in [0.5, 0.6) is 17.2 Å². The van der Waals surface area contributed by atoms with E-state index < -0.39 is 0 Å². The van der Waals surface area contributed by atoms with Gasteiger partial charge in [0.2, 0.25) is 0 Å². The number of fused-ring (bicyclic) bond motifs is 1. The number of rotatable bonds is 3. The van der Waals surface area contributed by atoms with Crippen LogP contribution in [0.25, 0.3) is 10.8 Å². The Morgan fingerprint density at radius 3 is 2.12 bits per heavy atom. The molecule has 0 N–H and O–H groups in total. The number of hydrogen-bond donors (Lipinski definition) is 0. The second-order valence-electron chi connectivity index (χ2n) is 3.65. The van der Waals surface area contributed by atoms with Gasteiger partial charge in [-0.3, -0.25) is 4.98 Å². The number of hydrogen-bond acceptors (Lipinski definition) is 4. The molecule has 1 aromatic carbocycles. The molecule has 1 heterocycles. The highest BCUT2D eigenvalue weighted by molar-refractivity contribution is 5.96. The number of aromatic nitrogens is 1. The van der Waals surface area contributed by atoms with Crippen molar-refractivity contribution in [3.05, 3.63) is 24.0 Å². The zero-order chi connectivity index (χ0) is 12.4. The number of nitrogens with zero attached hydrogens (tertiary/aromatic N) is 1. The van der Waals surface area contributed by atoms with Crippen LogP contribution in [0, 0.1) is 6.92 Å². The largest absolute Gasteiger partial charge is 0.496 e. The van der Waals surface area contributed by atoms with Crippen LogP contribution < -0.4 is 14.2 Å². The number of ether oxygens (including phenoxy) is 3. The maximum absolute atomic E-state index is 5.44. The van der Waals surface area contributed by atoms with Crippen LogP contribution in [0.2, 0.25) is 0 Å². The molecule has 4 heteroatoms. The fourth-order valence-corrected chi connectivity index (χ4v) is 2.08. The molecule has 0 spiro atoms. The lowest BCUT2D eigenvalue weighted by Crippen LogP contribution is -1.98. The Kier molecular flexibility index (Phi) is 3.04. The van der Waals surface area contributed by atoms with E-state index in [4.69, 9.17) is 14.2 Å². The molecule has 0 fully saturated rings. The highest BCUT2D eigenvalue weighted by Gasteiger charge is 2.18. The predicted octanol–water partition coefficient (Wildman–Crippen LogP) is 2.57. The van der Waals surface area contributed by atoms with Crippen LogP contribution >= 0.6 is 0 Å². The van der Waals surface area contributed by atoms with Crippen LogP contribution in [-0.4, -0.2) is 26.3 Å². The normalized spacial score (nSPS) is 10.4. The summed E-state index contributed by atoms with van der Waals surface area (Å²) in [4.78, 5) is 4.11. The van der Waals surface area contributed by atoms with E-state index in [-0.39, 0.29) is 0 Å². The first-order chi connectivity index (χ1) is 8.24. The van der Waals surface area contributed by atoms with Gasteiger partial charge in [-0.15, -0.1) is 0 Å². The van der Waals surface area contributed by atoms with Crippen molar-refractivity contribution in [3.63, 3.8) is 0 Å². The molecular formula is C13H15NO3.